The Labute approximate surface area is 691 Å². The summed E-state index contributed by atoms with van der Waals surface area (Å²) in [6, 6.07) is 4.70. The molecule has 0 bridgehead atoms. The van der Waals surface area contributed by atoms with Gasteiger partial charge in [0.15, 0.2) is 0 Å². The van der Waals surface area contributed by atoms with Crippen LogP contribution in [0, 0.1) is 0 Å². The van der Waals surface area contributed by atoms with Crippen molar-refractivity contribution in [3.8, 4) is 5.75 Å². The van der Waals surface area contributed by atoms with Gasteiger partial charge in [-0.2, -0.15) is 0 Å². The number of benzene rings is 4. The van der Waals surface area contributed by atoms with E-state index in [0.717, 1.165) is 28.5 Å². The van der Waals surface area contributed by atoms with Gasteiger partial charge in [-0.25, -0.2) is 9.59 Å². The number of phenolic OH excluding ortho intramolecular Hbond substituents is 1. The molecule has 2 unspecified atom stereocenters. The second kappa shape index (κ2) is 46.8. The number of carboxylic acids is 3. The molecule has 0 spiro atoms. The molecule has 11 atom stereocenters. The fourth-order valence-electron chi connectivity index (χ4n) is 12.4. The number of anilines is 2. The number of nitrogens with two attached hydrogens (primary N) is 3. The first-order chi connectivity index (χ1) is 54.7. The number of urea groups is 2. The van der Waals surface area contributed by atoms with Gasteiger partial charge in [0.05, 0.1) is 30.4 Å². The molecule has 43 heteroatoms. The first kappa shape index (κ1) is 94.3. The molecule has 3 aliphatic rings. The molecule has 0 aliphatic carbocycles. The number of nitrogens with zero attached hydrogens (tertiary/aromatic N) is 3. The number of imide groups is 1. The average molecular weight is 1730 g/mol. The number of carbonyl (C=O) groups excluding carboxylic acids is 16. The van der Waals surface area contributed by atoms with Gasteiger partial charge in [-0.05, 0) is 110 Å². The summed E-state index contributed by atoms with van der Waals surface area (Å²) in [7, 11) is 1.58. The SMILES string of the molecule is C[C@@H](O)[C@@H]1NC(=O)[C@H](CCCCN)NC(=O)[C@@H](Cc2ccc(NC(N)=O)cc2)NC(=O)[C@H](Cc2ccc(NC(=O)C3CC(=O)NC(=O)N3)cc2)NC(=O)[C@H](NC(=O)[C@H](Cc2ccc(Cl)cc2)NC(=O)CCC(C(=O)[O-])N2CCN(CC(=O)[O-])CCN(CC(=O)[O-])CC2)CSSC[C@@H](C(=O)N[C@H](Cc2ccc(O)cc2)C(N)=O)NC1=O.[68Ga+3]. The largest absolute Gasteiger partial charge is 3.00 e. The van der Waals surface area contributed by atoms with Gasteiger partial charge < -0.3 is 116 Å². The van der Waals surface area contributed by atoms with E-state index in [2.05, 4.69) is 58.5 Å². The van der Waals surface area contributed by atoms with Gasteiger partial charge in [0.1, 0.15) is 60.1 Å². The quantitative estimate of drug-likeness (QED) is 0.0126. The number of phenols is 1. The van der Waals surface area contributed by atoms with Crippen molar-refractivity contribution < 1.29 is 102 Å². The number of aliphatic hydroxyl groups is 1. The number of rotatable bonds is 31. The van der Waals surface area contributed by atoms with Crippen LogP contribution in [0.3, 0.4) is 0 Å². The van der Waals surface area contributed by atoms with E-state index in [0.29, 0.717) is 23.1 Å². The Kier molecular flexibility index (Phi) is 38.1. The molecule has 0 aromatic heterocycles. The van der Waals surface area contributed by atoms with Crippen LogP contribution in [0.5, 0.6) is 5.75 Å². The molecule has 15 amide bonds. The molecule has 7 rings (SSSR count). The Morgan fingerprint density at radius 3 is 1.62 bits per heavy atom. The molecule has 116 heavy (non-hydrogen) atoms. The minimum atomic E-state index is -1.90. The summed E-state index contributed by atoms with van der Waals surface area (Å²) < 4.78 is 0. The van der Waals surface area contributed by atoms with Gasteiger partial charge in [0.25, 0.3) is 0 Å². The third kappa shape index (κ3) is 31.6. The van der Waals surface area contributed by atoms with E-state index >= 15 is 19.2 Å². The van der Waals surface area contributed by atoms with Gasteiger partial charge in [0.2, 0.25) is 65.0 Å². The summed E-state index contributed by atoms with van der Waals surface area (Å²) in [5.41, 5.74) is 18.7. The number of hydrogen-bond donors (Lipinski definition) is 17. The van der Waals surface area contributed by atoms with E-state index in [4.69, 9.17) is 28.8 Å². The number of unbranched alkanes of at least 4 members (excludes halogenated alkanes) is 1. The van der Waals surface area contributed by atoms with Crippen LogP contribution >= 0.6 is 33.2 Å². The minimum Gasteiger partial charge on any atom is -0.549 e. The summed E-state index contributed by atoms with van der Waals surface area (Å²) >= 11 is 6.27. The fourth-order valence-corrected chi connectivity index (χ4v) is 14.9. The number of halogens is 1. The topological polar surface area (TPSA) is 615 Å². The molecular weight excluding hydrogens is 1630 g/mol. The van der Waals surface area contributed by atoms with Crippen LogP contribution in [-0.2, 0) is 92.8 Å². The van der Waals surface area contributed by atoms with Crippen molar-refractivity contribution in [2.24, 2.45) is 17.2 Å². The van der Waals surface area contributed by atoms with Crippen LogP contribution in [0.25, 0.3) is 0 Å². The fraction of sp³-hybridized carbons (Fsp3) is 0.452. The van der Waals surface area contributed by atoms with Gasteiger partial charge in [-0.3, -0.25) is 72.8 Å². The predicted molar refractivity (Wildman–Crippen MR) is 417 cm³/mol. The third-order valence-corrected chi connectivity index (χ3v) is 21.2. The minimum absolute atomic E-state index is 0. The maximum atomic E-state index is 15.6. The molecule has 20 N–H and O–H groups in total. The van der Waals surface area contributed by atoms with E-state index in [9.17, 15) is 83.1 Å². The maximum absolute atomic E-state index is 15.6. The maximum Gasteiger partial charge on any atom is 3.00 e. The number of amides is 15. The van der Waals surface area contributed by atoms with Crippen LogP contribution in [0.4, 0.5) is 21.0 Å². The van der Waals surface area contributed by atoms with E-state index in [1.165, 1.54) is 112 Å². The predicted octanol–water partition coefficient (Wildman–Crippen LogP) is -7.45. The van der Waals surface area contributed by atoms with Crippen molar-refractivity contribution in [2.75, 3.05) is 81.0 Å². The Hall–Kier alpha value is -10.6. The number of carbonyl (C=O) groups is 16. The molecule has 4 aromatic rings. The molecule has 0 saturated carbocycles. The van der Waals surface area contributed by atoms with Gasteiger partial charge >= 0.3 is 31.9 Å². The van der Waals surface area contributed by atoms with Crippen LogP contribution in [0.15, 0.2) is 97.1 Å². The molecule has 3 fully saturated rings. The van der Waals surface area contributed by atoms with Crippen molar-refractivity contribution in [3.63, 3.8) is 0 Å². The first-order valence-corrected chi connectivity index (χ1v) is 39.4. The van der Waals surface area contributed by atoms with Crippen molar-refractivity contribution in [1.82, 2.24) is 67.9 Å². The molecule has 622 valence electrons. The van der Waals surface area contributed by atoms with Crippen molar-refractivity contribution >= 4 is 159 Å². The van der Waals surface area contributed by atoms with E-state index in [1.807, 2.05) is 5.32 Å². The van der Waals surface area contributed by atoms with Crippen LogP contribution in [0.1, 0.15) is 67.7 Å². The summed E-state index contributed by atoms with van der Waals surface area (Å²) in [6.07, 6.45) is -4.39. The molecule has 3 saturated heterocycles. The number of aliphatic hydroxyl groups excluding tert-OH is 1. The van der Waals surface area contributed by atoms with E-state index in [1.54, 1.807) is 0 Å². The second-order valence-corrected chi connectivity index (χ2v) is 30.4. The number of carboxylic acid groups (broad SMARTS) is 3. The number of hydrogen-bond acceptors (Lipinski definition) is 27. The zero-order chi connectivity index (χ0) is 84.0. The van der Waals surface area contributed by atoms with Crippen LogP contribution in [-0.4, -0.2) is 277 Å². The second-order valence-electron chi connectivity index (χ2n) is 27.4. The summed E-state index contributed by atoms with van der Waals surface area (Å²) in [5, 5.41) is 88.1. The summed E-state index contributed by atoms with van der Waals surface area (Å²) in [6.45, 7) is -0.0577. The number of nitrogens with one attached hydrogen (secondary N) is 12. The van der Waals surface area contributed by atoms with Gasteiger partial charge in [-0.1, -0.05) is 81.7 Å². The number of aliphatic carboxylic acids is 3. The Morgan fingerprint density at radius 2 is 1.09 bits per heavy atom. The smallest absolute Gasteiger partial charge is 0.549 e. The zero-order valence-electron chi connectivity index (χ0n) is 62.9. The standard InChI is InChI=1S/C73H95ClN18O21S2.Ga/c1-39(93)61-70(109)86-55(68(107)82-49(62(76)101)30-43-11-19-47(94)20-12-43)38-115-114-37-54(85-65(104)50(31-40-5-13-44(74)14-6-40)80-57(95)22-21-56(71(110)111)92-28-26-90(35-59(97)98)24-25-91(27-29-92)36-60(99)100)69(108)84-52(33-41-7-15-45(16-8-41)78-64(103)53-34-58(96)88-73(113)87-53)67(106)83-51(32-42-9-17-46(18-10-42)79-72(77)112)66(105)81-48(63(102)89-61)4-2-3-23-75;/h5-20,39,48-56,61,93-94H,2-4,21-38,75H2,1H3,(H2,76,101)(H,78,103)(H,80,95)(H,81,105)(H,82,107)(H,83,106)(H,84,108)(H,85,104)(H,86,109)(H,89,102)(H,97,98)(H,99,100)(H,110,111)(H3,77,79,112)(H2,87,88,96,113);/q;+3/p-3/t39-,48+,49-,50+,51-,52+,53?,54-,55+,56?,61+;/m1./s1/i;1-2. The molecule has 3 heterocycles. The Morgan fingerprint density at radius 1 is 0.586 bits per heavy atom. The Bertz CT molecular complexity index is 4100. The van der Waals surface area contributed by atoms with Gasteiger partial charge in [0, 0.05) is 118 Å². The normalized spacial score (nSPS) is 21.0. The van der Waals surface area contributed by atoms with Crippen molar-refractivity contribution in [1.29, 1.82) is 0 Å². The number of primary amides is 2. The summed E-state index contributed by atoms with van der Waals surface area (Å²) in [5.74, 6) is -16.8. The van der Waals surface area contributed by atoms with Crippen LogP contribution in [0.2, 0.25) is 5.02 Å². The average Bonchev–Trinajstić information content (AvgIpc) is 1.73. The number of aromatic hydroxyl groups is 1. The van der Waals surface area contributed by atoms with Crippen LogP contribution < -0.4 is 96.3 Å². The van der Waals surface area contributed by atoms with E-state index in [-0.39, 0.29) is 119 Å². The van der Waals surface area contributed by atoms with Crippen molar-refractivity contribution in [3.05, 3.63) is 124 Å². The van der Waals surface area contributed by atoms with Crippen molar-refractivity contribution in [2.45, 2.75) is 138 Å². The summed E-state index contributed by atoms with van der Waals surface area (Å²) in [4.78, 5) is 223. The molecule has 39 nitrogen and oxygen atoms in total. The Balaban J connectivity index is 0.0000209. The molecule has 3 aliphatic heterocycles. The zero-order valence-corrected chi connectivity index (χ0v) is 67.7. The van der Waals surface area contributed by atoms with E-state index < -0.39 is 218 Å². The molecule has 4 aromatic carbocycles. The molecular formula is C73H92ClGaN18O21S2. The molecule has 0 radical (unpaired) electrons. The first-order valence-electron chi connectivity index (χ1n) is 36.5. The monoisotopic (exact) mass is 1720 g/mol. The van der Waals surface area contributed by atoms with Gasteiger partial charge in [-0.15, -0.1) is 0 Å². The third-order valence-electron chi connectivity index (χ3n) is 18.6.